The first-order valence-electron chi connectivity index (χ1n) is 8.67. The van der Waals surface area contributed by atoms with Crippen molar-refractivity contribution >= 4 is 22.9 Å². The summed E-state index contributed by atoms with van der Waals surface area (Å²) in [6.07, 6.45) is 2.06. The Morgan fingerprint density at radius 2 is 1.77 bits per heavy atom. The smallest absolute Gasteiger partial charge is 0.244 e. The number of amides is 1. The minimum Gasteiger partial charge on any atom is -0.491 e. The van der Waals surface area contributed by atoms with Gasteiger partial charge in [-0.1, -0.05) is 42.5 Å². The molecule has 3 aromatic carbocycles. The number of hydrogen-bond acceptors (Lipinski definition) is 3. The summed E-state index contributed by atoms with van der Waals surface area (Å²) in [5, 5.41) is 6.27. The van der Waals surface area contributed by atoms with Gasteiger partial charge in [-0.3, -0.25) is 4.79 Å². The third-order valence-corrected chi connectivity index (χ3v) is 3.89. The third kappa shape index (κ3) is 4.70. The Morgan fingerprint density at radius 3 is 2.54 bits per heavy atom. The van der Waals surface area contributed by atoms with Gasteiger partial charge >= 0.3 is 0 Å². The predicted molar refractivity (Wildman–Crippen MR) is 106 cm³/mol. The molecule has 1 amide bonds. The van der Waals surface area contributed by atoms with Gasteiger partial charge in [-0.2, -0.15) is 5.10 Å². The first-order valence-corrected chi connectivity index (χ1v) is 8.67. The van der Waals surface area contributed by atoms with Crippen molar-refractivity contribution in [2.75, 3.05) is 0 Å². The number of fused-ring (bicyclic) bond motifs is 1. The van der Waals surface area contributed by atoms with Gasteiger partial charge in [0.2, 0.25) is 5.91 Å². The molecule has 0 fully saturated rings. The van der Waals surface area contributed by atoms with Crippen LogP contribution in [-0.2, 0) is 11.2 Å². The fourth-order valence-corrected chi connectivity index (χ4v) is 2.74. The van der Waals surface area contributed by atoms with Crippen LogP contribution in [0.15, 0.2) is 71.8 Å². The van der Waals surface area contributed by atoms with E-state index in [9.17, 15) is 4.79 Å². The van der Waals surface area contributed by atoms with Gasteiger partial charge in [-0.05, 0) is 60.0 Å². The molecule has 1 N–H and O–H groups in total. The van der Waals surface area contributed by atoms with Gasteiger partial charge in [0.25, 0.3) is 0 Å². The van der Waals surface area contributed by atoms with Crippen molar-refractivity contribution in [3.63, 3.8) is 0 Å². The lowest BCUT2D eigenvalue weighted by Gasteiger charge is -2.09. The lowest BCUT2D eigenvalue weighted by atomic mass is 10.0. The second-order valence-electron chi connectivity index (χ2n) is 6.34. The van der Waals surface area contributed by atoms with E-state index in [1.165, 1.54) is 0 Å². The molecule has 0 radical (unpaired) electrons. The Bertz CT molecular complexity index is 910. The monoisotopic (exact) mass is 346 g/mol. The highest BCUT2D eigenvalue weighted by molar-refractivity contribution is 5.90. The topological polar surface area (TPSA) is 50.7 Å². The van der Waals surface area contributed by atoms with Crippen LogP contribution in [0, 0.1) is 0 Å². The first kappa shape index (κ1) is 17.7. The molecule has 0 aliphatic heterocycles. The van der Waals surface area contributed by atoms with Crippen LogP contribution in [0.5, 0.6) is 5.75 Å². The van der Waals surface area contributed by atoms with Crippen LogP contribution in [0.1, 0.15) is 25.0 Å². The molecule has 4 nitrogen and oxygen atoms in total. The number of ether oxygens (including phenoxy) is 1. The van der Waals surface area contributed by atoms with Crippen molar-refractivity contribution < 1.29 is 9.53 Å². The largest absolute Gasteiger partial charge is 0.491 e. The van der Waals surface area contributed by atoms with Gasteiger partial charge < -0.3 is 4.74 Å². The highest BCUT2D eigenvalue weighted by Gasteiger charge is 2.05. The van der Waals surface area contributed by atoms with E-state index in [2.05, 4.69) is 10.5 Å². The number of hydrogen-bond donors (Lipinski definition) is 1. The molecule has 132 valence electrons. The van der Waals surface area contributed by atoms with Gasteiger partial charge in [0.15, 0.2) is 0 Å². The third-order valence-electron chi connectivity index (χ3n) is 3.89. The summed E-state index contributed by atoms with van der Waals surface area (Å²) < 4.78 is 5.60. The molecule has 0 aliphatic carbocycles. The highest BCUT2D eigenvalue weighted by Crippen LogP contribution is 2.18. The Balaban J connectivity index is 1.59. The summed E-state index contributed by atoms with van der Waals surface area (Å²) in [4.78, 5) is 12.2. The maximum absolute atomic E-state index is 12.2. The number of carbonyl (C=O) groups excluding carboxylic acids is 1. The van der Waals surface area contributed by atoms with E-state index in [-0.39, 0.29) is 12.0 Å². The van der Waals surface area contributed by atoms with Crippen molar-refractivity contribution in [3.05, 3.63) is 77.9 Å². The van der Waals surface area contributed by atoms with Crippen LogP contribution in [0.2, 0.25) is 0 Å². The summed E-state index contributed by atoms with van der Waals surface area (Å²) in [6.45, 7) is 3.97. The van der Waals surface area contributed by atoms with Gasteiger partial charge in [0, 0.05) is 0 Å². The molecule has 0 saturated heterocycles. The highest BCUT2D eigenvalue weighted by atomic mass is 16.5. The number of benzene rings is 3. The molecule has 0 atom stereocenters. The minimum atomic E-state index is -0.141. The van der Waals surface area contributed by atoms with Crippen LogP contribution in [0.3, 0.4) is 0 Å². The molecular formula is C22H22N2O2. The normalized spacial score (nSPS) is 11.2. The average Bonchev–Trinajstić information content (AvgIpc) is 2.63. The molecule has 3 aromatic rings. The van der Waals surface area contributed by atoms with Crippen molar-refractivity contribution in [2.45, 2.75) is 26.4 Å². The summed E-state index contributed by atoms with van der Waals surface area (Å²) in [5.41, 5.74) is 4.48. The molecule has 0 saturated carbocycles. The number of nitrogens with one attached hydrogen (secondary N) is 1. The van der Waals surface area contributed by atoms with Crippen LogP contribution < -0.4 is 10.2 Å². The number of carbonyl (C=O) groups is 1. The van der Waals surface area contributed by atoms with Gasteiger partial charge in [-0.15, -0.1) is 0 Å². The molecule has 0 heterocycles. The van der Waals surface area contributed by atoms with E-state index in [0.717, 1.165) is 27.6 Å². The van der Waals surface area contributed by atoms with Crippen LogP contribution in [0.4, 0.5) is 0 Å². The zero-order valence-corrected chi connectivity index (χ0v) is 15.0. The molecule has 0 aliphatic rings. The number of rotatable bonds is 6. The molecule has 26 heavy (non-hydrogen) atoms. The Hall–Kier alpha value is -3.14. The lowest BCUT2D eigenvalue weighted by Crippen LogP contribution is -2.19. The standard InChI is InChI=1S/C22H22N2O2/c1-16(2)26-20-12-10-17(11-13-20)15-23-24-22(25)14-19-8-5-7-18-6-3-4-9-21(18)19/h3-13,15-16H,14H2,1-2H3,(H,24,25)/b23-15+. The van der Waals surface area contributed by atoms with Crippen LogP contribution in [-0.4, -0.2) is 18.2 Å². The summed E-state index contributed by atoms with van der Waals surface area (Å²) >= 11 is 0. The molecule has 0 bridgehead atoms. The fraction of sp³-hybridized carbons (Fsp3) is 0.182. The number of hydrazone groups is 1. The van der Waals surface area contributed by atoms with Crippen molar-refractivity contribution in [1.29, 1.82) is 0 Å². The van der Waals surface area contributed by atoms with Gasteiger partial charge in [0.1, 0.15) is 5.75 Å². The maximum Gasteiger partial charge on any atom is 0.244 e. The van der Waals surface area contributed by atoms with E-state index >= 15 is 0 Å². The van der Waals surface area contributed by atoms with E-state index in [1.54, 1.807) is 6.21 Å². The van der Waals surface area contributed by atoms with E-state index in [0.29, 0.717) is 6.42 Å². The summed E-state index contributed by atoms with van der Waals surface area (Å²) in [5.74, 6) is 0.675. The zero-order valence-electron chi connectivity index (χ0n) is 15.0. The second kappa shape index (κ2) is 8.30. The minimum absolute atomic E-state index is 0.141. The van der Waals surface area contributed by atoms with Gasteiger partial charge in [0.05, 0.1) is 18.7 Å². The second-order valence-corrected chi connectivity index (χ2v) is 6.34. The Morgan fingerprint density at radius 1 is 1.04 bits per heavy atom. The van der Waals surface area contributed by atoms with E-state index < -0.39 is 0 Å². The first-order chi connectivity index (χ1) is 12.6. The van der Waals surface area contributed by atoms with Crippen LogP contribution >= 0.6 is 0 Å². The fourth-order valence-electron chi connectivity index (χ4n) is 2.74. The van der Waals surface area contributed by atoms with Crippen molar-refractivity contribution in [2.24, 2.45) is 5.10 Å². The SMILES string of the molecule is CC(C)Oc1ccc(/C=N/NC(=O)Cc2cccc3ccccc23)cc1. The predicted octanol–water partition coefficient (Wildman–Crippen LogP) is 4.32. The van der Waals surface area contributed by atoms with E-state index in [1.807, 2.05) is 80.6 Å². The van der Waals surface area contributed by atoms with Crippen LogP contribution in [0.25, 0.3) is 10.8 Å². The molecule has 0 unspecified atom stereocenters. The van der Waals surface area contributed by atoms with Gasteiger partial charge in [-0.25, -0.2) is 5.43 Å². The molecule has 4 heteroatoms. The lowest BCUT2D eigenvalue weighted by molar-refractivity contribution is -0.120. The molecule has 3 rings (SSSR count). The zero-order chi connectivity index (χ0) is 18.4. The quantitative estimate of drug-likeness (QED) is 0.534. The van der Waals surface area contributed by atoms with Crippen molar-refractivity contribution in [1.82, 2.24) is 5.43 Å². The molecule has 0 spiro atoms. The summed E-state index contributed by atoms with van der Waals surface area (Å²) in [6, 6.07) is 21.6. The molecule has 0 aromatic heterocycles. The molecular weight excluding hydrogens is 324 g/mol. The average molecular weight is 346 g/mol. The maximum atomic E-state index is 12.2. The van der Waals surface area contributed by atoms with E-state index in [4.69, 9.17) is 4.74 Å². The Kier molecular flexibility index (Phi) is 5.64. The van der Waals surface area contributed by atoms with Crippen molar-refractivity contribution in [3.8, 4) is 5.75 Å². The Labute approximate surface area is 153 Å². The number of nitrogens with zero attached hydrogens (tertiary/aromatic N) is 1. The summed E-state index contributed by atoms with van der Waals surface area (Å²) in [7, 11) is 0.